The number of piperidine rings is 1. The molecule has 0 saturated carbocycles. The summed E-state index contributed by atoms with van der Waals surface area (Å²) in [7, 11) is 0. The van der Waals surface area contributed by atoms with Gasteiger partial charge in [-0.2, -0.15) is 0 Å². The van der Waals surface area contributed by atoms with Gasteiger partial charge in [-0.05, 0) is 70.4 Å². The van der Waals surface area contributed by atoms with Crippen LogP contribution in [0.5, 0.6) is 0 Å². The Morgan fingerprint density at radius 2 is 1.58 bits per heavy atom. The van der Waals surface area contributed by atoms with Gasteiger partial charge in [0, 0.05) is 35.8 Å². The number of hydrogen-bond donors (Lipinski definition) is 1. The average Bonchev–Trinajstić information content (AvgIpc) is 3.03. The number of hydrogen-bond acceptors (Lipinski definition) is 4. The third-order valence-electron chi connectivity index (χ3n) is 6.31. The zero-order chi connectivity index (χ0) is 23.9. The van der Waals surface area contributed by atoms with E-state index in [1.165, 1.54) is 11.0 Å². The minimum Gasteiger partial charge on any atom is -0.349 e. The normalized spacial score (nSPS) is 16.7. The Kier molecular flexibility index (Phi) is 5.82. The molecule has 0 bridgehead atoms. The molecule has 1 fully saturated rings. The molecule has 4 amide bonds. The van der Waals surface area contributed by atoms with Crippen LogP contribution in [0, 0.1) is 6.92 Å². The number of carbonyl (C=O) groups excluding carboxylic acids is 4. The minimum atomic E-state index is -0.637. The first-order chi connectivity index (χ1) is 15.6. The number of rotatable bonds is 3. The molecular formula is C26H29N3O4. The van der Waals surface area contributed by atoms with Crippen LogP contribution in [0.3, 0.4) is 0 Å². The molecule has 1 saturated heterocycles. The smallest absolute Gasteiger partial charge is 0.262 e. The van der Waals surface area contributed by atoms with Crippen LogP contribution in [0.1, 0.15) is 80.6 Å². The van der Waals surface area contributed by atoms with Crippen molar-refractivity contribution in [1.29, 1.82) is 0 Å². The summed E-state index contributed by atoms with van der Waals surface area (Å²) in [6.45, 7) is 8.35. The van der Waals surface area contributed by atoms with E-state index in [0.717, 1.165) is 5.56 Å². The molecule has 4 rings (SSSR count). The fourth-order valence-corrected chi connectivity index (χ4v) is 4.48. The lowest BCUT2D eigenvalue weighted by Crippen LogP contribution is -2.46. The minimum absolute atomic E-state index is 0.000666. The number of benzene rings is 2. The molecule has 0 unspecified atom stereocenters. The van der Waals surface area contributed by atoms with Gasteiger partial charge in [0.05, 0.1) is 11.1 Å². The first kappa shape index (κ1) is 22.7. The van der Waals surface area contributed by atoms with Crippen LogP contribution in [0.4, 0.5) is 0 Å². The van der Waals surface area contributed by atoms with Gasteiger partial charge in [0.25, 0.3) is 23.6 Å². The van der Waals surface area contributed by atoms with Crippen molar-refractivity contribution in [2.45, 2.75) is 52.1 Å². The number of nitrogens with zero attached hydrogens (tertiary/aromatic N) is 2. The van der Waals surface area contributed by atoms with Crippen LogP contribution in [-0.2, 0) is 0 Å². The zero-order valence-corrected chi connectivity index (χ0v) is 19.5. The Hall–Kier alpha value is -3.48. The first-order valence-electron chi connectivity index (χ1n) is 11.3. The van der Waals surface area contributed by atoms with E-state index in [9.17, 15) is 19.2 Å². The van der Waals surface area contributed by atoms with E-state index in [4.69, 9.17) is 0 Å². The Balaban J connectivity index is 1.41. The molecule has 172 valence electrons. The number of amides is 4. The highest BCUT2D eigenvalue weighted by atomic mass is 16.2. The Morgan fingerprint density at radius 1 is 0.939 bits per heavy atom. The van der Waals surface area contributed by atoms with Gasteiger partial charge in [0.15, 0.2) is 0 Å². The van der Waals surface area contributed by atoms with Gasteiger partial charge in [-0.1, -0.05) is 18.2 Å². The lowest BCUT2D eigenvalue weighted by molar-refractivity contribution is 0.0507. The van der Waals surface area contributed by atoms with Gasteiger partial charge in [-0.15, -0.1) is 0 Å². The topological polar surface area (TPSA) is 86.8 Å². The van der Waals surface area contributed by atoms with Crippen molar-refractivity contribution >= 4 is 23.6 Å². The number of nitrogens with one attached hydrogen (secondary N) is 1. The van der Waals surface area contributed by atoms with E-state index in [0.29, 0.717) is 42.6 Å². The number of likely N-dealkylation sites (tertiary alicyclic amines) is 1. The van der Waals surface area contributed by atoms with Crippen LogP contribution in [0.15, 0.2) is 42.5 Å². The lowest BCUT2D eigenvalue weighted by Gasteiger charge is -2.32. The lowest BCUT2D eigenvalue weighted by atomic mass is 10.0. The highest BCUT2D eigenvalue weighted by molar-refractivity contribution is 6.22. The number of fused-ring (bicyclic) bond motifs is 1. The van der Waals surface area contributed by atoms with Crippen molar-refractivity contribution in [1.82, 2.24) is 15.1 Å². The molecule has 33 heavy (non-hydrogen) atoms. The summed E-state index contributed by atoms with van der Waals surface area (Å²) in [6.07, 6.45) is 1.31. The maximum absolute atomic E-state index is 13.1. The summed E-state index contributed by atoms with van der Waals surface area (Å²) >= 11 is 0. The van der Waals surface area contributed by atoms with Crippen molar-refractivity contribution in [3.8, 4) is 0 Å². The molecule has 2 heterocycles. The monoisotopic (exact) mass is 447 g/mol. The van der Waals surface area contributed by atoms with Crippen LogP contribution in [-0.4, -0.2) is 58.1 Å². The number of aryl methyl sites for hydroxylation is 1. The maximum Gasteiger partial charge on any atom is 0.262 e. The largest absolute Gasteiger partial charge is 0.349 e. The molecule has 0 radical (unpaired) electrons. The second-order valence-electron chi connectivity index (χ2n) is 9.73. The van der Waals surface area contributed by atoms with E-state index < -0.39 is 5.54 Å². The van der Waals surface area contributed by atoms with Gasteiger partial charge in [0.1, 0.15) is 0 Å². The molecule has 2 aliphatic rings. The average molecular weight is 448 g/mol. The second-order valence-corrected chi connectivity index (χ2v) is 9.73. The highest BCUT2D eigenvalue weighted by Crippen LogP contribution is 2.30. The summed E-state index contributed by atoms with van der Waals surface area (Å²) < 4.78 is 0. The summed E-state index contributed by atoms with van der Waals surface area (Å²) in [5.41, 5.74) is 1.97. The molecule has 0 atom stereocenters. The van der Waals surface area contributed by atoms with Crippen LogP contribution in [0.25, 0.3) is 0 Å². The SMILES string of the molecule is Cc1ccccc1C(=O)NC1CCN(C(=O)c2ccc3c(c2)C(=O)N(C(C)(C)C)C3=O)CC1. The van der Waals surface area contributed by atoms with Crippen molar-refractivity contribution in [2.24, 2.45) is 0 Å². The molecule has 7 heteroatoms. The van der Waals surface area contributed by atoms with Gasteiger partial charge in [-0.3, -0.25) is 24.1 Å². The standard InChI is InChI=1S/C26H29N3O4/c1-16-7-5-6-8-19(16)22(30)27-18-11-13-28(14-12-18)23(31)17-9-10-20-21(15-17)25(33)29(24(20)32)26(2,3)4/h5-10,15,18H,11-14H2,1-4H3,(H,27,30). The quantitative estimate of drug-likeness (QED) is 0.731. The molecule has 0 spiro atoms. The van der Waals surface area contributed by atoms with Gasteiger partial charge >= 0.3 is 0 Å². The first-order valence-corrected chi connectivity index (χ1v) is 11.3. The second kappa shape index (κ2) is 8.46. The summed E-state index contributed by atoms with van der Waals surface area (Å²) in [6, 6.07) is 12.2. The number of imide groups is 1. The van der Waals surface area contributed by atoms with Crippen LogP contribution in [0.2, 0.25) is 0 Å². The fraction of sp³-hybridized carbons (Fsp3) is 0.385. The molecule has 7 nitrogen and oxygen atoms in total. The molecule has 2 aliphatic heterocycles. The maximum atomic E-state index is 13.1. The van der Waals surface area contributed by atoms with E-state index in [1.807, 2.05) is 52.0 Å². The molecule has 0 aromatic heterocycles. The van der Waals surface area contributed by atoms with Crippen molar-refractivity contribution in [3.63, 3.8) is 0 Å². The summed E-state index contributed by atoms with van der Waals surface area (Å²) in [4.78, 5) is 54.1. The van der Waals surface area contributed by atoms with Crippen molar-refractivity contribution < 1.29 is 19.2 Å². The third kappa shape index (κ3) is 4.27. The molecule has 0 aliphatic carbocycles. The van der Waals surface area contributed by atoms with E-state index in [-0.39, 0.29) is 35.2 Å². The number of carbonyl (C=O) groups is 4. The van der Waals surface area contributed by atoms with Crippen molar-refractivity contribution in [2.75, 3.05) is 13.1 Å². The Labute approximate surface area is 193 Å². The van der Waals surface area contributed by atoms with Crippen LogP contribution < -0.4 is 5.32 Å². The van der Waals surface area contributed by atoms with Crippen molar-refractivity contribution in [3.05, 3.63) is 70.3 Å². The zero-order valence-electron chi connectivity index (χ0n) is 19.5. The van der Waals surface area contributed by atoms with Gasteiger partial charge < -0.3 is 10.2 Å². The predicted molar refractivity (Wildman–Crippen MR) is 124 cm³/mol. The van der Waals surface area contributed by atoms with E-state index in [2.05, 4.69) is 5.32 Å². The molecule has 1 N–H and O–H groups in total. The molecular weight excluding hydrogens is 418 g/mol. The molecule has 2 aromatic rings. The van der Waals surface area contributed by atoms with E-state index >= 15 is 0 Å². The predicted octanol–water partition coefficient (Wildman–Crippen LogP) is 3.42. The van der Waals surface area contributed by atoms with E-state index in [1.54, 1.807) is 17.0 Å². The van der Waals surface area contributed by atoms with Gasteiger partial charge in [-0.25, -0.2) is 0 Å². The summed E-state index contributed by atoms with van der Waals surface area (Å²) in [5, 5.41) is 3.07. The highest BCUT2D eigenvalue weighted by Gasteiger charge is 2.42. The Morgan fingerprint density at radius 3 is 2.21 bits per heavy atom. The van der Waals surface area contributed by atoms with Crippen LogP contribution >= 0.6 is 0 Å². The third-order valence-corrected chi connectivity index (χ3v) is 6.31. The summed E-state index contributed by atoms with van der Waals surface area (Å²) in [5.74, 6) is -0.958. The fourth-order valence-electron chi connectivity index (χ4n) is 4.48. The Bertz CT molecular complexity index is 1140. The van der Waals surface area contributed by atoms with Gasteiger partial charge in [0.2, 0.25) is 0 Å². The molecule has 2 aromatic carbocycles.